The molecule has 14 heavy (non-hydrogen) atoms. The van der Waals surface area contributed by atoms with Gasteiger partial charge in [-0.05, 0) is 51.7 Å². The van der Waals surface area contributed by atoms with E-state index in [1.54, 1.807) is 0 Å². The molecule has 1 heterocycles. The third-order valence-corrected chi connectivity index (χ3v) is 3.25. The van der Waals surface area contributed by atoms with Crippen LogP contribution >= 0.6 is 0 Å². The van der Waals surface area contributed by atoms with Crippen LogP contribution in [0.4, 0.5) is 0 Å². The van der Waals surface area contributed by atoms with Crippen molar-refractivity contribution in [2.24, 2.45) is 11.8 Å². The Morgan fingerprint density at radius 2 is 2.07 bits per heavy atom. The second-order valence-electron chi connectivity index (χ2n) is 5.19. The van der Waals surface area contributed by atoms with Crippen LogP contribution in [0.1, 0.15) is 33.6 Å². The van der Waals surface area contributed by atoms with Crippen molar-refractivity contribution >= 4 is 0 Å². The molecule has 1 rings (SSSR count). The molecule has 0 aromatic rings. The third kappa shape index (κ3) is 3.58. The number of rotatable bonds is 5. The van der Waals surface area contributed by atoms with E-state index in [0.29, 0.717) is 0 Å². The average molecular weight is 198 g/mol. The molecule has 1 aliphatic rings. The number of likely N-dealkylation sites (tertiary alicyclic amines) is 1. The van der Waals surface area contributed by atoms with E-state index in [1.165, 1.54) is 32.5 Å². The molecule has 0 radical (unpaired) electrons. The molecule has 0 amide bonds. The molecule has 0 aromatic carbocycles. The summed E-state index contributed by atoms with van der Waals surface area (Å²) in [7, 11) is 2.06. The van der Waals surface area contributed by atoms with Crippen molar-refractivity contribution in [1.82, 2.24) is 10.2 Å². The van der Waals surface area contributed by atoms with E-state index < -0.39 is 0 Å². The summed E-state index contributed by atoms with van der Waals surface area (Å²) in [6.45, 7) is 10.8. The maximum atomic E-state index is 3.28. The van der Waals surface area contributed by atoms with Gasteiger partial charge in [0.25, 0.3) is 0 Å². The van der Waals surface area contributed by atoms with Gasteiger partial charge in [-0.2, -0.15) is 0 Å². The number of hydrogen-bond acceptors (Lipinski definition) is 2. The van der Waals surface area contributed by atoms with Crippen molar-refractivity contribution in [3.63, 3.8) is 0 Å². The first-order valence-corrected chi connectivity index (χ1v) is 6.02. The Hall–Kier alpha value is -0.0800. The molecule has 2 heteroatoms. The second kappa shape index (κ2) is 5.72. The van der Waals surface area contributed by atoms with Gasteiger partial charge in [0, 0.05) is 12.6 Å². The van der Waals surface area contributed by atoms with E-state index in [-0.39, 0.29) is 0 Å². The summed E-state index contributed by atoms with van der Waals surface area (Å²) in [6, 6.07) is 0.775. The zero-order chi connectivity index (χ0) is 10.6. The summed E-state index contributed by atoms with van der Waals surface area (Å²) in [4.78, 5) is 2.65. The molecule has 0 saturated carbocycles. The Bertz CT molecular complexity index is 156. The highest BCUT2D eigenvalue weighted by Gasteiger charge is 2.25. The zero-order valence-corrected chi connectivity index (χ0v) is 10.2. The van der Waals surface area contributed by atoms with Crippen LogP contribution in [0.2, 0.25) is 0 Å². The standard InChI is InChI=1S/C12H26N2/c1-10(2)7-11(3)14-6-5-12(9-14)8-13-4/h10-13H,5-9H2,1-4H3. The largest absolute Gasteiger partial charge is 0.319 e. The van der Waals surface area contributed by atoms with Gasteiger partial charge in [0.15, 0.2) is 0 Å². The molecule has 1 saturated heterocycles. The summed E-state index contributed by atoms with van der Waals surface area (Å²) < 4.78 is 0. The Kier molecular flexibility index (Phi) is 4.90. The smallest absolute Gasteiger partial charge is 0.00694 e. The quantitative estimate of drug-likeness (QED) is 0.726. The number of hydrogen-bond donors (Lipinski definition) is 1. The first-order chi connectivity index (χ1) is 6.63. The molecule has 2 atom stereocenters. The summed E-state index contributed by atoms with van der Waals surface area (Å²) in [5, 5.41) is 3.28. The minimum Gasteiger partial charge on any atom is -0.319 e. The monoisotopic (exact) mass is 198 g/mol. The molecule has 0 aromatic heterocycles. The third-order valence-electron chi connectivity index (χ3n) is 3.25. The summed E-state index contributed by atoms with van der Waals surface area (Å²) in [6.07, 6.45) is 2.72. The van der Waals surface area contributed by atoms with E-state index in [4.69, 9.17) is 0 Å². The van der Waals surface area contributed by atoms with Crippen molar-refractivity contribution in [3.05, 3.63) is 0 Å². The van der Waals surface area contributed by atoms with Crippen molar-refractivity contribution in [2.75, 3.05) is 26.7 Å². The van der Waals surface area contributed by atoms with E-state index in [1.807, 2.05) is 0 Å². The van der Waals surface area contributed by atoms with Crippen molar-refractivity contribution in [1.29, 1.82) is 0 Å². The average Bonchev–Trinajstić information content (AvgIpc) is 2.52. The Labute approximate surface area is 89.1 Å². The SMILES string of the molecule is CNCC1CCN(C(C)CC(C)C)C1. The van der Waals surface area contributed by atoms with E-state index >= 15 is 0 Å². The van der Waals surface area contributed by atoms with E-state index in [2.05, 4.69) is 38.0 Å². The maximum Gasteiger partial charge on any atom is 0.00694 e. The molecule has 2 nitrogen and oxygen atoms in total. The van der Waals surface area contributed by atoms with Gasteiger partial charge in [0.1, 0.15) is 0 Å². The van der Waals surface area contributed by atoms with Crippen molar-refractivity contribution in [3.8, 4) is 0 Å². The van der Waals surface area contributed by atoms with Crippen LogP contribution in [0.25, 0.3) is 0 Å². The zero-order valence-electron chi connectivity index (χ0n) is 10.2. The van der Waals surface area contributed by atoms with Gasteiger partial charge in [0.2, 0.25) is 0 Å². The highest BCUT2D eigenvalue weighted by molar-refractivity contribution is 4.80. The molecule has 1 N–H and O–H groups in total. The highest BCUT2D eigenvalue weighted by Crippen LogP contribution is 2.21. The van der Waals surface area contributed by atoms with Crippen LogP contribution in [-0.2, 0) is 0 Å². The molecule has 84 valence electrons. The van der Waals surface area contributed by atoms with Crippen LogP contribution in [-0.4, -0.2) is 37.6 Å². The normalized spacial score (nSPS) is 25.9. The highest BCUT2D eigenvalue weighted by atomic mass is 15.2. The van der Waals surface area contributed by atoms with Crippen molar-refractivity contribution < 1.29 is 0 Å². The summed E-state index contributed by atoms with van der Waals surface area (Å²) in [5.41, 5.74) is 0. The maximum absolute atomic E-state index is 3.28. The lowest BCUT2D eigenvalue weighted by molar-refractivity contribution is 0.220. The van der Waals surface area contributed by atoms with Crippen LogP contribution in [0.5, 0.6) is 0 Å². The lowest BCUT2D eigenvalue weighted by atomic mass is 10.0. The van der Waals surface area contributed by atoms with Gasteiger partial charge in [0.05, 0.1) is 0 Å². The first kappa shape index (κ1) is 12.0. The summed E-state index contributed by atoms with van der Waals surface area (Å²) in [5.74, 6) is 1.71. The van der Waals surface area contributed by atoms with Crippen LogP contribution in [0.15, 0.2) is 0 Å². The van der Waals surface area contributed by atoms with Crippen LogP contribution < -0.4 is 5.32 Å². The van der Waals surface area contributed by atoms with Gasteiger partial charge in [-0.25, -0.2) is 0 Å². The van der Waals surface area contributed by atoms with Gasteiger partial charge < -0.3 is 10.2 Å². The van der Waals surface area contributed by atoms with Gasteiger partial charge in [-0.1, -0.05) is 13.8 Å². The molecule has 0 spiro atoms. The number of nitrogens with zero attached hydrogens (tertiary/aromatic N) is 1. The first-order valence-electron chi connectivity index (χ1n) is 6.02. The Balaban J connectivity index is 2.26. The second-order valence-corrected chi connectivity index (χ2v) is 5.19. The fourth-order valence-corrected chi connectivity index (χ4v) is 2.55. The topological polar surface area (TPSA) is 15.3 Å². The minimum atomic E-state index is 0.775. The fourth-order valence-electron chi connectivity index (χ4n) is 2.55. The molecule has 1 fully saturated rings. The molecular formula is C12H26N2. The predicted molar refractivity (Wildman–Crippen MR) is 62.5 cm³/mol. The molecule has 0 aliphatic carbocycles. The fraction of sp³-hybridized carbons (Fsp3) is 1.00. The lowest BCUT2D eigenvalue weighted by Crippen LogP contribution is -2.33. The Morgan fingerprint density at radius 1 is 1.36 bits per heavy atom. The Morgan fingerprint density at radius 3 is 2.64 bits per heavy atom. The van der Waals surface area contributed by atoms with Gasteiger partial charge >= 0.3 is 0 Å². The van der Waals surface area contributed by atoms with E-state index in [0.717, 1.165) is 17.9 Å². The molecule has 0 bridgehead atoms. The van der Waals surface area contributed by atoms with E-state index in [9.17, 15) is 0 Å². The predicted octanol–water partition coefficient (Wildman–Crippen LogP) is 1.96. The van der Waals surface area contributed by atoms with Crippen LogP contribution in [0, 0.1) is 11.8 Å². The van der Waals surface area contributed by atoms with Crippen molar-refractivity contribution in [2.45, 2.75) is 39.7 Å². The molecule has 1 aliphatic heterocycles. The van der Waals surface area contributed by atoms with Gasteiger partial charge in [-0.3, -0.25) is 0 Å². The van der Waals surface area contributed by atoms with Crippen LogP contribution in [0.3, 0.4) is 0 Å². The lowest BCUT2D eigenvalue weighted by Gasteiger charge is -2.25. The summed E-state index contributed by atoms with van der Waals surface area (Å²) >= 11 is 0. The molecule has 2 unspecified atom stereocenters. The number of nitrogens with one attached hydrogen (secondary N) is 1. The molecular weight excluding hydrogens is 172 g/mol. The van der Waals surface area contributed by atoms with Gasteiger partial charge in [-0.15, -0.1) is 0 Å². The minimum absolute atomic E-state index is 0.775.